The van der Waals surface area contributed by atoms with Crippen LogP contribution < -0.4 is 9.64 Å². The average Bonchev–Trinajstić information content (AvgIpc) is 3.39. The predicted octanol–water partition coefficient (Wildman–Crippen LogP) is 5.85. The molecule has 3 aromatic carbocycles. The fraction of sp³-hybridized carbons (Fsp3) is 0.241. The van der Waals surface area contributed by atoms with Gasteiger partial charge in [-0.15, -0.1) is 22.3 Å². The Kier molecular flexibility index (Phi) is 5.34. The summed E-state index contributed by atoms with van der Waals surface area (Å²) in [6.45, 7) is 8.00. The van der Waals surface area contributed by atoms with Crippen molar-refractivity contribution < 1.29 is 25.8 Å². The second-order valence-corrected chi connectivity index (χ2v) is 9.65. The fourth-order valence-electron chi connectivity index (χ4n) is 5.63. The summed E-state index contributed by atoms with van der Waals surface area (Å²) in [4.78, 5) is 12.0. The van der Waals surface area contributed by atoms with Gasteiger partial charge in [-0.25, -0.2) is 0 Å². The molecule has 0 spiro atoms. The van der Waals surface area contributed by atoms with Crippen molar-refractivity contribution in [2.45, 2.75) is 40.4 Å². The van der Waals surface area contributed by atoms with Gasteiger partial charge in [0.1, 0.15) is 0 Å². The molecule has 0 fully saturated rings. The van der Waals surface area contributed by atoms with Gasteiger partial charge in [0.15, 0.2) is 0 Å². The maximum Gasteiger partial charge on any atom is 2.00 e. The van der Waals surface area contributed by atoms with Crippen LogP contribution in [-0.2, 0) is 40.7 Å². The summed E-state index contributed by atoms with van der Waals surface area (Å²) in [7, 11) is 2.11. The minimum Gasteiger partial charge on any atom is -0.497 e. The molecule has 2 aromatic heterocycles. The Morgan fingerprint density at radius 1 is 0.917 bits per heavy atom. The summed E-state index contributed by atoms with van der Waals surface area (Å²) in [6.07, 6.45) is 3.09. The van der Waals surface area contributed by atoms with Gasteiger partial charge < -0.3 is 18.8 Å². The maximum atomic E-state index is 6.41. The van der Waals surface area contributed by atoms with E-state index >= 15 is 0 Å². The third kappa shape index (κ3) is 3.42. The van der Waals surface area contributed by atoms with Gasteiger partial charge in [0.05, 0.1) is 29.4 Å². The number of fused-ring (bicyclic) bond motifs is 8. The van der Waals surface area contributed by atoms with E-state index in [0.717, 1.165) is 70.4 Å². The second kappa shape index (κ2) is 8.34. The topological polar surface area (TPSA) is 48.1 Å². The van der Waals surface area contributed by atoms with Crippen LogP contribution >= 0.6 is 0 Å². The summed E-state index contributed by atoms with van der Waals surface area (Å²) < 4.78 is 10.9. The van der Waals surface area contributed by atoms with Crippen LogP contribution in [0.4, 0.5) is 5.69 Å². The molecule has 6 nitrogen and oxygen atoms in total. The molecular weight excluding hydrogens is 629 g/mol. The average molecular weight is 655 g/mol. The molecule has 0 saturated carbocycles. The molecule has 36 heavy (non-hydrogen) atoms. The first-order valence-electron chi connectivity index (χ1n) is 12.0. The Labute approximate surface area is 224 Å². The van der Waals surface area contributed by atoms with E-state index in [1.165, 1.54) is 11.1 Å². The van der Waals surface area contributed by atoms with E-state index in [9.17, 15) is 0 Å². The SMILES string of the molecule is Cc1cn2c(n1)-c1[c-]c(Oc3[c-]c4c(c(C)c3)N(C)Cn3c-4nc4ccccc43)cc(C)c1CC2.[Pt+2]. The maximum absolute atomic E-state index is 6.41. The van der Waals surface area contributed by atoms with E-state index in [2.05, 4.69) is 83.6 Å². The Morgan fingerprint density at radius 3 is 2.50 bits per heavy atom. The Morgan fingerprint density at radius 2 is 1.67 bits per heavy atom. The second-order valence-electron chi connectivity index (χ2n) is 9.65. The van der Waals surface area contributed by atoms with Crippen LogP contribution in [0.1, 0.15) is 22.4 Å². The van der Waals surface area contributed by atoms with E-state index in [1.807, 2.05) is 13.0 Å². The summed E-state index contributed by atoms with van der Waals surface area (Å²) in [5, 5.41) is 0. The zero-order valence-corrected chi connectivity index (χ0v) is 22.9. The number of aryl methyl sites for hydroxylation is 4. The molecule has 0 N–H and O–H groups in total. The number of aromatic nitrogens is 4. The zero-order chi connectivity index (χ0) is 23.8. The van der Waals surface area contributed by atoms with Crippen molar-refractivity contribution >= 4 is 16.7 Å². The van der Waals surface area contributed by atoms with Crippen molar-refractivity contribution in [1.29, 1.82) is 0 Å². The van der Waals surface area contributed by atoms with Crippen molar-refractivity contribution in [3.8, 4) is 34.3 Å². The monoisotopic (exact) mass is 654 g/mol. The van der Waals surface area contributed by atoms with E-state index in [4.69, 9.17) is 14.7 Å². The number of hydrogen-bond donors (Lipinski definition) is 0. The molecule has 7 heteroatoms. The Balaban J connectivity index is 0.00000240. The van der Waals surface area contributed by atoms with E-state index < -0.39 is 0 Å². The van der Waals surface area contributed by atoms with Crippen LogP contribution in [0, 0.1) is 32.9 Å². The van der Waals surface area contributed by atoms with Gasteiger partial charge in [-0.3, -0.25) is 9.97 Å². The van der Waals surface area contributed by atoms with E-state index in [1.54, 1.807) is 0 Å². The first-order chi connectivity index (χ1) is 17.0. The van der Waals surface area contributed by atoms with Gasteiger partial charge in [0.25, 0.3) is 0 Å². The summed E-state index contributed by atoms with van der Waals surface area (Å²) in [5.74, 6) is 3.25. The van der Waals surface area contributed by atoms with Gasteiger partial charge in [-0.05, 0) is 38.2 Å². The summed E-state index contributed by atoms with van der Waals surface area (Å²) in [6, 6.07) is 19.5. The summed E-state index contributed by atoms with van der Waals surface area (Å²) in [5.41, 5.74) is 9.93. The van der Waals surface area contributed by atoms with Crippen LogP contribution in [-0.4, -0.2) is 26.1 Å². The molecule has 182 valence electrons. The number of hydrogen-bond acceptors (Lipinski definition) is 4. The van der Waals surface area contributed by atoms with Gasteiger partial charge in [-0.1, -0.05) is 55.8 Å². The van der Waals surface area contributed by atoms with Gasteiger partial charge in [0.2, 0.25) is 0 Å². The molecule has 7 rings (SSSR count). The zero-order valence-electron chi connectivity index (χ0n) is 20.6. The quantitative estimate of drug-likeness (QED) is 0.225. The molecule has 2 aliphatic heterocycles. The number of nitrogens with zero attached hydrogens (tertiary/aromatic N) is 5. The largest absolute Gasteiger partial charge is 2.00 e. The van der Waals surface area contributed by atoms with Crippen LogP contribution in [0.2, 0.25) is 0 Å². The standard InChI is InChI=1S/C29H25N5O.Pt/c1-17-11-20(13-23-22(17)9-10-33-15-19(3)30-28(23)33)35-21-12-18(2)27-24(14-21)29-31-25-7-5-6-8-26(25)34(29)16-32(27)4;/h5-8,11-12,15H,9-10,16H2,1-4H3;/q-2;+2. The van der Waals surface area contributed by atoms with Crippen LogP contribution in [0.3, 0.4) is 0 Å². The van der Waals surface area contributed by atoms with Crippen LogP contribution in [0.25, 0.3) is 33.8 Å². The van der Waals surface area contributed by atoms with Crippen molar-refractivity contribution in [3.05, 3.63) is 77.1 Å². The van der Waals surface area contributed by atoms with Crippen molar-refractivity contribution in [2.75, 3.05) is 11.9 Å². The van der Waals surface area contributed by atoms with Crippen molar-refractivity contribution in [1.82, 2.24) is 19.1 Å². The number of rotatable bonds is 2. The molecule has 0 radical (unpaired) electrons. The number of anilines is 1. The predicted molar refractivity (Wildman–Crippen MR) is 137 cm³/mol. The van der Waals surface area contributed by atoms with Crippen molar-refractivity contribution in [2.24, 2.45) is 0 Å². The molecular formula is C29H25N5OPt. The number of para-hydroxylation sites is 2. The van der Waals surface area contributed by atoms with Crippen LogP contribution in [0.15, 0.2) is 42.6 Å². The van der Waals surface area contributed by atoms with E-state index in [0.29, 0.717) is 11.5 Å². The molecule has 5 aromatic rings. The summed E-state index contributed by atoms with van der Waals surface area (Å²) >= 11 is 0. The molecule has 2 aliphatic rings. The molecule has 0 amide bonds. The first kappa shape index (κ1) is 23.1. The molecule has 0 aliphatic carbocycles. The van der Waals surface area contributed by atoms with Crippen molar-refractivity contribution in [3.63, 3.8) is 0 Å². The Hall–Kier alpha value is -3.37. The third-order valence-electron chi connectivity index (χ3n) is 7.14. The molecule has 4 heterocycles. The normalized spacial score (nSPS) is 13.5. The van der Waals surface area contributed by atoms with Gasteiger partial charge >= 0.3 is 21.1 Å². The molecule has 0 saturated heterocycles. The minimum absolute atomic E-state index is 0. The van der Waals surface area contributed by atoms with E-state index in [-0.39, 0.29) is 21.1 Å². The smallest absolute Gasteiger partial charge is 0.497 e. The number of ether oxygens (including phenoxy) is 1. The third-order valence-corrected chi connectivity index (χ3v) is 7.14. The Bertz CT molecular complexity index is 1660. The van der Waals surface area contributed by atoms with Crippen LogP contribution in [0.5, 0.6) is 11.5 Å². The molecule has 0 unspecified atom stereocenters. The number of imidazole rings is 2. The molecule has 0 bridgehead atoms. The van der Waals surface area contributed by atoms with Gasteiger partial charge in [-0.2, -0.15) is 0 Å². The minimum atomic E-state index is 0. The fourth-order valence-corrected chi connectivity index (χ4v) is 5.63. The molecule has 0 atom stereocenters. The van der Waals surface area contributed by atoms with Gasteiger partial charge in [0, 0.05) is 29.9 Å². The first-order valence-corrected chi connectivity index (χ1v) is 12.0. The number of benzene rings is 3.